The van der Waals surface area contributed by atoms with Crippen LogP contribution >= 0.6 is 11.8 Å². The lowest BCUT2D eigenvalue weighted by Crippen LogP contribution is -1.87. The third-order valence-corrected chi connectivity index (χ3v) is 3.08. The van der Waals surface area contributed by atoms with Gasteiger partial charge in [-0.15, -0.1) is 11.8 Å². The molecule has 0 aromatic carbocycles. The lowest BCUT2D eigenvalue weighted by molar-refractivity contribution is 0.829. The summed E-state index contributed by atoms with van der Waals surface area (Å²) in [7, 11) is 0. The molecule has 0 aromatic rings. The minimum Gasteiger partial charge on any atom is -0.134 e. The summed E-state index contributed by atoms with van der Waals surface area (Å²) in [6, 6.07) is 0. The molecule has 0 unspecified atom stereocenters. The van der Waals surface area contributed by atoms with Gasteiger partial charge in [0.05, 0.1) is 0 Å². The molecule has 0 saturated carbocycles. The summed E-state index contributed by atoms with van der Waals surface area (Å²) in [5.41, 5.74) is 1.69. The number of hydrogen-bond donors (Lipinski definition) is 0. The normalized spacial score (nSPS) is 13.0. The molecule has 0 heterocycles. The van der Waals surface area contributed by atoms with Gasteiger partial charge in [-0.1, -0.05) is 39.2 Å². The third-order valence-electron chi connectivity index (χ3n) is 2.10. The van der Waals surface area contributed by atoms with Crippen molar-refractivity contribution < 1.29 is 0 Å². The van der Waals surface area contributed by atoms with Crippen LogP contribution in [0.25, 0.3) is 0 Å². The molecule has 0 rings (SSSR count). The van der Waals surface area contributed by atoms with E-state index >= 15 is 0 Å². The van der Waals surface area contributed by atoms with Crippen LogP contribution in [0.5, 0.6) is 0 Å². The van der Waals surface area contributed by atoms with Gasteiger partial charge in [0, 0.05) is 0 Å². The maximum Gasteiger partial charge on any atom is -0.0140 e. The lowest BCUT2D eigenvalue weighted by Gasteiger charge is -2.10. The molecule has 0 nitrogen and oxygen atoms in total. The van der Waals surface area contributed by atoms with Crippen LogP contribution in [-0.4, -0.2) is 6.26 Å². The van der Waals surface area contributed by atoms with E-state index in [9.17, 15) is 0 Å². The van der Waals surface area contributed by atoms with Crippen molar-refractivity contribution in [3.05, 3.63) is 10.5 Å². The van der Waals surface area contributed by atoms with E-state index in [0.29, 0.717) is 0 Å². The summed E-state index contributed by atoms with van der Waals surface area (Å²) < 4.78 is 0. The molecule has 0 aliphatic rings. The zero-order chi connectivity index (χ0) is 9.40. The highest BCUT2D eigenvalue weighted by molar-refractivity contribution is 8.02. The highest BCUT2D eigenvalue weighted by Crippen LogP contribution is 2.26. The van der Waals surface area contributed by atoms with E-state index in [0.717, 1.165) is 0 Å². The molecule has 72 valence electrons. The van der Waals surface area contributed by atoms with Crippen molar-refractivity contribution in [3.8, 4) is 0 Å². The molecule has 0 saturated heterocycles. The second-order valence-corrected chi connectivity index (χ2v) is 3.99. The summed E-state index contributed by atoms with van der Waals surface area (Å²) in [5, 5.41) is 0. The SMILES string of the molecule is CCC/C(CC)=C(\CCC)SC. The van der Waals surface area contributed by atoms with Crippen LogP contribution in [0.1, 0.15) is 52.9 Å². The van der Waals surface area contributed by atoms with Crippen molar-refractivity contribution in [1.82, 2.24) is 0 Å². The van der Waals surface area contributed by atoms with Crippen LogP contribution in [0.3, 0.4) is 0 Å². The van der Waals surface area contributed by atoms with Crippen LogP contribution in [0, 0.1) is 0 Å². The van der Waals surface area contributed by atoms with Gasteiger partial charge in [0.1, 0.15) is 0 Å². The summed E-state index contributed by atoms with van der Waals surface area (Å²) in [5.74, 6) is 0. The Kier molecular flexibility index (Phi) is 7.78. The topological polar surface area (TPSA) is 0 Å². The quantitative estimate of drug-likeness (QED) is 0.583. The molecule has 0 fully saturated rings. The van der Waals surface area contributed by atoms with Crippen molar-refractivity contribution in [2.45, 2.75) is 52.9 Å². The van der Waals surface area contributed by atoms with E-state index < -0.39 is 0 Å². The van der Waals surface area contributed by atoms with Gasteiger partial charge < -0.3 is 0 Å². The Balaban J connectivity index is 4.26. The Bertz CT molecular complexity index is 120. The number of hydrogen-bond acceptors (Lipinski definition) is 1. The maximum atomic E-state index is 2.27. The number of rotatable bonds is 6. The minimum atomic E-state index is 1.24. The number of thioether (sulfide) groups is 1. The van der Waals surface area contributed by atoms with E-state index in [-0.39, 0.29) is 0 Å². The Morgan fingerprint density at radius 1 is 1.00 bits per heavy atom. The van der Waals surface area contributed by atoms with Crippen molar-refractivity contribution in [2.75, 3.05) is 6.26 Å². The minimum absolute atomic E-state index is 1.24. The first-order chi connectivity index (χ1) is 5.79. The third kappa shape index (κ3) is 4.20. The number of allylic oxidation sites excluding steroid dienone is 2. The first-order valence-corrected chi connectivity index (χ1v) is 6.27. The Morgan fingerprint density at radius 3 is 1.92 bits per heavy atom. The Hall–Kier alpha value is 0.0900. The van der Waals surface area contributed by atoms with Gasteiger partial charge >= 0.3 is 0 Å². The van der Waals surface area contributed by atoms with Gasteiger partial charge in [0.15, 0.2) is 0 Å². The Morgan fingerprint density at radius 2 is 1.58 bits per heavy atom. The van der Waals surface area contributed by atoms with Crippen molar-refractivity contribution in [1.29, 1.82) is 0 Å². The van der Waals surface area contributed by atoms with Crippen LogP contribution in [0.4, 0.5) is 0 Å². The van der Waals surface area contributed by atoms with Gasteiger partial charge in [0.2, 0.25) is 0 Å². The van der Waals surface area contributed by atoms with Gasteiger partial charge in [-0.2, -0.15) is 0 Å². The standard InChI is InChI=1S/C11H22S/c1-5-8-10(7-3)11(12-4)9-6-2/h5-9H2,1-4H3/b11-10+. The van der Waals surface area contributed by atoms with Crippen LogP contribution in [0.2, 0.25) is 0 Å². The molecule has 0 aliphatic carbocycles. The summed E-state index contributed by atoms with van der Waals surface area (Å²) in [6.07, 6.45) is 8.59. The van der Waals surface area contributed by atoms with Gasteiger partial charge in [-0.05, 0) is 30.4 Å². The second-order valence-electron chi connectivity index (χ2n) is 3.08. The molecule has 0 atom stereocenters. The van der Waals surface area contributed by atoms with Crippen LogP contribution < -0.4 is 0 Å². The van der Waals surface area contributed by atoms with E-state index in [1.165, 1.54) is 32.1 Å². The molecular formula is C11H22S. The highest BCUT2D eigenvalue weighted by atomic mass is 32.2. The van der Waals surface area contributed by atoms with Gasteiger partial charge in [-0.25, -0.2) is 0 Å². The van der Waals surface area contributed by atoms with Crippen molar-refractivity contribution in [3.63, 3.8) is 0 Å². The summed E-state index contributed by atoms with van der Waals surface area (Å²) in [4.78, 5) is 1.64. The van der Waals surface area contributed by atoms with Crippen molar-refractivity contribution >= 4 is 11.8 Å². The predicted molar refractivity (Wildman–Crippen MR) is 60.6 cm³/mol. The molecule has 0 bridgehead atoms. The molecule has 0 amide bonds. The first kappa shape index (κ1) is 12.1. The monoisotopic (exact) mass is 186 g/mol. The molecule has 0 spiro atoms. The fourth-order valence-electron chi connectivity index (χ4n) is 1.47. The molecule has 0 aromatic heterocycles. The average molecular weight is 186 g/mol. The molecule has 0 aliphatic heterocycles. The van der Waals surface area contributed by atoms with Gasteiger partial charge in [-0.3, -0.25) is 0 Å². The second kappa shape index (κ2) is 7.72. The van der Waals surface area contributed by atoms with E-state index in [4.69, 9.17) is 0 Å². The van der Waals surface area contributed by atoms with E-state index in [2.05, 4.69) is 27.0 Å². The first-order valence-electron chi connectivity index (χ1n) is 5.04. The summed E-state index contributed by atoms with van der Waals surface area (Å²) in [6.45, 7) is 6.80. The summed E-state index contributed by atoms with van der Waals surface area (Å²) >= 11 is 1.95. The molecule has 0 radical (unpaired) electrons. The largest absolute Gasteiger partial charge is 0.134 e. The molecule has 0 N–H and O–H groups in total. The maximum absolute atomic E-state index is 2.27. The Labute approximate surface area is 81.8 Å². The molecule has 1 heteroatoms. The lowest BCUT2D eigenvalue weighted by atomic mass is 10.1. The molecule has 12 heavy (non-hydrogen) atoms. The van der Waals surface area contributed by atoms with E-state index in [1.54, 1.807) is 10.5 Å². The fourth-order valence-corrected chi connectivity index (χ4v) is 2.41. The zero-order valence-electron chi connectivity index (χ0n) is 8.94. The van der Waals surface area contributed by atoms with Crippen molar-refractivity contribution in [2.24, 2.45) is 0 Å². The van der Waals surface area contributed by atoms with Gasteiger partial charge in [0.25, 0.3) is 0 Å². The molecular weight excluding hydrogens is 164 g/mol. The highest BCUT2D eigenvalue weighted by Gasteiger charge is 2.01. The smallest absolute Gasteiger partial charge is 0.0140 e. The van der Waals surface area contributed by atoms with Crippen LogP contribution in [-0.2, 0) is 0 Å². The van der Waals surface area contributed by atoms with Crippen LogP contribution in [0.15, 0.2) is 10.5 Å². The predicted octanol–water partition coefficient (Wildman–Crippen LogP) is 4.61. The fraction of sp³-hybridized carbons (Fsp3) is 0.818. The average Bonchev–Trinajstić information content (AvgIpc) is 2.11. The zero-order valence-corrected chi connectivity index (χ0v) is 9.76. The van der Waals surface area contributed by atoms with E-state index in [1.807, 2.05) is 11.8 Å².